The van der Waals surface area contributed by atoms with Crippen LogP contribution in [0.3, 0.4) is 0 Å². The van der Waals surface area contributed by atoms with Gasteiger partial charge in [-0.3, -0.25) is 24.6 Å². The molecule has 5 aliphatic heterocycles. The van der Waals surface area contributed by atoms with Crippen molar-refractivity contribution in [3.8, 4) is 6.07 Å². The number of piperidine rings is 3. The lowest BCUT2D eigenvalue weighted by Crippen LogP contribution is -2.49. The van der Waals surface area contributed by atoms with Gasteiger partial charge in [0.15, 0.2) is 0 Å². The van der Waals surface area contributed by atoms with Crippen molar-refractivity contribution >= 4 is 52.1 Å². The van der Waals surface area contributed by atoms with Crippen molar-refractivity contribution in [1.82, 2.24) is 15.1 Å². The van der Waals surface area contributed by atoms with Crippen LogP contribution in [0.5, 0.6) is 0 Å². The number of imide groups is 1. The first-order valence-corrected chi connectivity index (χ1v) is 20.8. The van der Waals surface area contributed by atoms with Gasteiger partial charge in [-0.05, 0) is 117 Å². The van der Waals surface area contributed by atoms with Crippen LogP contribution in [0.2, 0.25) is 5.02 Å². The number of hydrogen-bond donors (Lipinski definition) is 2. The summed E-state index contributed by atoms with van der Waals surface area (Å²) in [5.74, 6) is 0.268. The van der Waals surface area contributed by atoms with Crippen LogP contribution in [-0.4, -0.2) is 105 Å². The van der Waals surface area contributed by atoms with Gasteiger partial charge in [0.1, 0.15) is 12.1 Å². The van der Waals surface area contributed by atoms with Gasteiger partial charge in [0.05, 0.1) is 10.6 Å². The predicted octanol–water partition coefficient (Wildman–Crippen LogP) is 5.99. The van der Waals surface area contributed by atoms with E-state index in [-0.39, 0.29) is 29.2 Å². The van der Waals surface area contributed by atoms with Crippen LogP contribution in [0.15, 0.2) is 66.7 Å². The summed E-state index contributed by atoms with van der Waals surface area (Å²) in [5.41, 5.74) is 5.90. The number of carbonyl (C=O) groups excluding carboxylic acids is 3. The van der Waals surface area contributed by atoms with E-state index in [1.165, 1.54) is 5.69 Å². The molecule has 8 rings (SSSR count). The fourth-order valence-electron chi connectivity index (χ4n) is 9.73. The van der Waals surface area contributed by atoms with Crippen molar-refractivity contribution in [1.29, 1.82) is 5.26 Å². The quantitative estimate of drug-likeness (QED) is 0.267. The van der Waals surface area contributed by atoms with Crippen LogP contribution in [0.4, 0.5) is 22.7 Å². The Morgan fingerprint density at radius 2 is 1.59 bits per heavy atom. The lowest BCUT2D eigenvalue weighted by molar-refractivity contribution is -0.133. The summed E-state index contributed by atoms with van der Waals surface area (Å²) in [7, 11) is 0. The van der Waals surface area contributed by atoms with Crippen LogP contribution in [0.25, 0.3) is 0 Å². The summed E-state index contributed by atoms with van der Waals surface area (Å²) in [4.78, 5) is 49.2. The molecule has 3 aromatic carbocycles. The van der Waals surface area contributed by atoms with Gasteiger partial charge in [-0.2, -0.15) is 5.26 Å². The molecule has 0 aliphatic carbocycles. The number of likely N-dealkylation sites (tertiary alicyclic amines) is 1. The van der Waals surface area contributed by atoms with Crippen molar-refractivity contribution in [3.63, 3.8) is 0 Å². The number of nitrogens with zero attached hydrogens (tertiary/aromatic N) is 6. The maximum atomic E-state index is 13.6. The summed E-state index contributed by atoms with van der Waals surface area (Å²) < 4.78 is 0. The number of piperazine rings is 1. The molecule has 11 nitrogen and oxygen atoms in total. The molecule has 0 radical (unpaired) electrons. The van der Waals surface area contributed by atoms with E-state index in [2.05, 4.69) is 67.5 Å². The molecule has 5 aliphatic rings. The van der Waals surface area contributed by atoms with Gasteiger partial charge in [0.25, 0.3) is 5.91 Å². The highest BCUT2D eigenvalue weighted by Gasteiger charge is 2.44. The van der Waals surface area contributed by atoms with E-state index in [1.54, 1.807) is 0 Å². The number of halogens is 1. The first-order valence-electron chi connectivity index (χ1n) is 20.4. The molecule has 2 atom stereocenters. The highest BCUT2D eigenvalue weighted by molar-refractivity contribution is 6.32. The molecule has 56 heavy (non-hydrogen) atoms. The second-order valence-corrected chi connectivity index (χ2v) is 17.1. The third-order valence-electron chi connectivity index (χ3n) is 13.1. The van der Waals surface area contributed by atoms with Gasteiger partial charge in [0, 0.05) is 106 Å². The molecule has 5 fully saturated rings. The number of nitrogens with one attached hydrogen (secondary N) is 2. The van der Waals surface area contributed by atoms with Crippen molar-refractivity contribution < 1.29 is 14.4 Å². The molecule has 3 aromatic rings. The van der Waals surface area contributed by atoms with Crippen LogP contribution < -0.4 is 25.3 Å². The minimum Gasteiger partial charge on any atom is -0.374 e. The molecule has 1 spiro atoms. The average molecular weight is 777 g/mol. The monoisotopic (exact) mass is 776 g/mol. The number of amides is 3. The zero-order valence-corrected chi connectivity index (χ0v) is 33.1. The molecule has 5 heterocycles. The van der Waals surface area contributed by atoms with Crippen LogP contribution in [-0.2, 0) is 9.59 Å². The fourth-order valence-corrected chi connectivity index (χ4v) is 9.95. The zero-order chi connectivity index (χ0) is 38.8. The molecule has 294 valence electrons. The maximum absolute atomic E-state index is 13.6. The summed E-state index contributed by atoms with van der Waals surface area (Å²) in [6.07, 6.45) is 6.34. The molecule has 2 N–H and O–H groups in total. The third kappa shape index (κ3) is 8.33. The number of nitriles is 1. The minimum absolute atomic E-state index is 0.137. The second-order valence-electron chi connectivity index (χ2n) is 16.7. The lowest BCUT2D eigenvalue weighted by atomic mass is 9.76. The Bertz CT molecular complexity index is 1960. The normalized spacial score (nSPS) is 23.3. The summed E-state index contributed by atoms with van der Waals surface area (Å²) in [6.45, 7) is 11.9. The molecule has 0 aromatic heterocycles. The van der Waals surface area contributed by atoms with E-state index in [9.17, 15) is 19.6 Å². The summed E-state index contributed by atoms with van der Waals surface area (Å²) >= 11 is 6.38. The Labute approximate surface area is 335 Å². The van der Waals surface area contributed by atoms with Crippen LogP contribution in [0.1, 0.15) is 67.8 Å². The van der Waals surface area contributed by atoms with Crippen LogP contribution >= 0.6 is 11.6 Å². The minimum atomic E-state index is -0.389. The molecule has 0 saturated carbocycles. The van der Waals surface area contributed by atoms with E-state index in [0.717, 1.165) is 120 Å². The van der Waals surface area contributed by atoms with E-state index < -0.39 is 0 Å². The highest BCUT2D eigenvalue weighted by Crippen LogP contribution is 2.46. The van der Waals surface area contributed by atoms with Gasteiger partial charge in [-0.25, -0.2) is 0 Å². The average Bonchev–Trinajstić information content (AvgIpc) is 3.54. The van der Waals surface area contributed by atoms with Gasteiger partial charge >= 0.3 is 0 Å². The Kier molecular flexibility index (Phi) is 11.1. The topological polar surface area (TPSA) is 115 Å². The Morgan fingerprint density at radius 1 is 0.875 bits per heavy atom. The molecule has 5 saturated heterocycles. The molecule has 0 bridgehead atoms. The highest BCUT2D eigenvalue weighted by atomic mass is 35.5. The van der Waals surface area contributed by atoms with Crippen LogP contribution in [0, 0.1) is 22.7 Å². The number of hydrogen-bond acceptors (Lipinski definition) is 9. The van der Waals surface area contributed by atoms with Gasteiger partial charge in [-0.1, -0.05) is 17.7 Å². The Morgan fingerprint density at radius 3 is 2.29 bits per heavy atom. The number of benzene rings is 3. The van der Waals surface area contributed by atoms with Gasteiger partial charge < -0.3 is 24.9 Å². The second kappa shape index (κ2) is 16.4. The van der Waals surface area contributed by atoms with Crippen molar-refractivity contribution in [2.45, 2.75) is 64.0 Å². The number of anilines is 4. The number of carbonyl (C=O) groups is 3. The van der Waals surface area contributed by atoms with E-state index in [0.29, 0.717) is 35.4 Å². The number of rotatable bonds is 8. The van der Waals surface area contributed by atoms with E-state index in [4.69, 9.17) is 11.6 Å². The maximum Gasteiger partial charge on any atom is 0.253 e. The summed E-state index contributed by atoms with van der Waals surface area (Å²) in [6, 6.07) is 24.5. The Balaban J connectivity index is 0.762. The first-order chi connectivity index (χ1) is 27.1. The van der Waals surface area contributed by atoms with Crippen molar-refractivity contribution in [2.75, 3.05) is 85.5 Å². The van der Waals surface area contributed by atoms with E-state index >= 15 is 0 Å². The SMILES string of the molecule is C[C@H]1CC2(CCN(c3ccc(C(=O)N4CCC(CN5CCN(c6cccc(N[C@@H]7CCC(=O)NC7=O)c6)CC5)CC4)cc3)CC2)CN1c1ccc(C#N)c(Cl)c1. The van der Waals surface area contributed by atoms with Crippen molar-refractivity contribution in [2.24, 2.45) is 11.3 Å². The zero-order valence-electron chi connectivity index (χ0n) is 32.4. The molecule has 3 amide bonds. The summed E-state index contributed by atoms with van der Waals surface area (Å²) in [5, 5.41) is 15.5. The van der Waals surface area contributed by atoms with Gasteiger partial charge in [0.2, 0.25) is 11.8 Å². The molecular formula is C44H53ClN8O3. The third-order valence-corrected chi connectivity index (χ3v) is 13.4. The lowest BCUT2D eigenvalue weighted by Gasteiger charge is -2.40. The molecular weight excluding hydrogens is 724 g/mol. The van der Waals surface area contributed by atoms with E-state index in [1.807, 2.05) is 47.4 Å². The molecule has 0 unspecified atom stereocenters. The fraction of sp³-hybridized carbons (Fsp3) is 0.500. The van der Waals surface area contributed by atoms with Crippen molar-refractivity contribution in [3.05, 3.63) is 82.9 Å². The first kappa shape index (κ1) is 38.1. The standard InChI is InChI=1S/C44H53ClN8O3/c1-31-27-44(30-53(31)38-10-7-34(28-46)39(45)26-38)15-19-50(20-16-44)36-8-5-33(6-9-36)43(56)52-17-13-32(14-18-52)29-49-21-23-51(24-22-49)37-4-2-3-35(25-37)47-40-11-12-41(54)48-42(40)55/h2-10,25-26,31-32,40,47H,11-24,27,29-30H2,1H3,(H,48,54,55)/t31-,40+/m0/s1. The Hall–Kier alpha value is -4.79. The molecule has 12 heteroatoms. The largest absolute Gasteiger partial charge is 0.374 e. The van der Waals surface area contributed by atoms with Gasteiger partial charge in [-0.15, -0.1) is 0 Å². The predicted molar refractivity (Wildman–Crippen MR) is 221 cm³/mol. The smallest absolute Gasteiger partial charge is 0.253 e.